The van der Waals surface area contributed by atoms with Crippen molar-refractivity contribution in [3.05, 3.63) is 10.6 Å². The topological polar surface area (TPSA) is 68.3 Å². The zero-order chi connectivity index (χ0) is 15.4. The lowest BCUT2D eigenvalue weighted by Gasteiger charge is -2.07. The molecule has 3 fully saturated rings. The quantitative estimate of drug-likeness (QED) is 0.866. The number of esters is 1. The van der Waals surface area contributed by atoms with Gasteiger partial charge in [-0.3, -0.25) is 4.79 Å². The van der Waals surface area contributed by atoms with E-state index in [1.54, 1.807) is 0 Å². The number of aryl methyl sites for hydroxylation is 1. The minimum Gasteiger partial charge on any atom is -0.465 e. The predicted octanol–water partition coefficient (Wildman–Crippen LogP) is 2.72. The summed E-state index contributed by atoms with van der Waals surface area (Å²) in [6.07, 6.45) is 4.59. The summed E-state index contributed by atoms with van der Waals surface area (Å²) in [5.41, 5.74) is 0.697. The van der Waals surface area contributed by atoms with E-state index < -0.39 is 0 Å². The van der Waals surface area contributed by atoms with Crippen LogP contribution in [0.1, 0.15) is 41.6 Å². The van der Waals surface area contributed by atoms with Crippen LogP contribution >= 0.6 is 11.3 Å². The highest BCUT2D eigenvalue weighted by atomic mass is 32.1. The highest BCUT2D eigenvalue weighted by Gasteiger charge is 2.67. The van der Waals surface area contributed by atoms with E-state index >= 15 is 0 Å². The van der Waals surface area contributed by atoms with Gasteiger partial charge in [0.1, 0.15) is 4.88 Å². The highest BCUT2D eigenvalue weighted by molar-refractivity contribution is 7.17. The van der Waals surface area contributed by atoms with Crippen LogP contribution in [0.25, 0.3) is 0 Å². The molecule has 1 N–H and O–H groups in total. The first-order valence-corrected chi connectivity index (χ1v) is 8.84. The fraction of sp³-hybridized carbons (Fsp3) is 0.688. The van der Waals surface area contributed by atoms with Crippen molar-refractivity contribution in [2.45, 2.75) is 32.6 Å². The molecule has 0 radical (unpaired) electrons. The third kappa shape index (κ3) is 2.00. The number of aromatic nitrogens is 1. The van der Waals surface area contributed by atoms with Crippen LogP contribution < -0.4 is 5.32 Å². The molecule has 0 spiro atoms. The predicted molar refractivity (Wildman–Crippen MR) is 82.8 cm³/mol. The van der Waals surface area contributed by atoms with Crippen LogP contribution in [0.3, 0.4) is 0 Å². The Labute approximate surface area is 133 Å². The van der Waals surface area contributed by atoms with Gasteiger partial charge in [-0.05, 0) is 49.4 Å². The van der Waals surface area contributed by atoms with E-state index in [-0.39, 0.29) is 17.8 Å². The number of fused-ring (bicyclic) bond motifs is 5. The summed E-state index contributed by atoms with van der Waals surface area (Å²) >= 11 is 1.22. The zero-order valence-corrected chi connectivity index (χ0v) is 13.6. The van der Waals surface area contributed by atoms with Crippen molar-refractivity contribution in [3.8, 4) is 0 Å². The fourth-order valence-corrected chi connectivity index (χ4v) is 5.74. The first kappa shape index (κ1) is 14.2. The molecule has 0 aliphatic heterocycles. The molecule has 3 saturated carbocycles. The van der Waals surface area contributed by atoms with Crippen LogP contribution in [0.2, 0.25) is 0 Å². The molecule has 5 nitrogen and oxygen atoms in total. The van der Waals surface area contributed by atoms with Gasteiger partial charge in [0.05, 0.1) is 12.8 Å². The Balaban J connectivity index is 1.47. The lowest BCUT2D eigenvalue weighted by molar-refractivity contribution is -0.118. The molecule has 1 heterocycles. The molecule has 1 aromatic rings. The van der Waals surface area contributed by atoms with Crippen molar-refractivity contribution in [1.29, 1.82) is 0 Å². The molecule has 4 rings (SSSR count). The second-order valence-electron chi connectivity index (χ2n) is 6.64. The van der Waals surface area contributed by atoms with Crippen molar-refractivity contribution in [1.82, 2.24) is 4.98 Å². The summed E-state index contributed by atoms with van der Waals surface area (Å²) in [5, 5.41) is 3.46. The molecule has 118 valence electrons. The first-order valence-electron chi connectivity index (χ1n) is 8.03. The fourth-order valence-electron chi connectivity index (χ4n) is 4.76. The molecule has 4 atom stereocenters. The van der Waals surface area contributed by atoms with Crippen molar-refractivity contribution in [2.24, 2.45) is 29.6 Å². The molecular formula is C16H20N2O3S. The third-order valence-electron chi connectivity index (χ3n) is 5.67. The number of nitrogens with one attached hydrogen (secondary N) is 1. The maximum absolute atomic E-state index is 12.5. The van der Waals surface area contributed by atoms with Crippen LogP contribution in [0, 0.1) is 29.6 Å². The maximum atomic E-state index is 12.5. The van der Waals surface area contributed by atoms with E-state index in [9.17, 15) is 9.59 Å². The maximum Gasteiger partial charge on any atom is 0.350 e. The first-order chi connectivity index (χ1) is 10.6. The summed E-state index contributed by atoms with van der Waals surface area (Å²) in [7, 11) is 1.36. The molecule has 0 aromatic carbocycles. The number of amides is 1. The Morgan fingerprint density at radius 2 is 2.00 bits per heavy atom. The van der Waals surface area contributed by atoms with Crippen LogP contribution in [-0.2, 0) is 16.0 Å². The number of methoxy groups -OCH3 is 1. The molecule has 3 aliphatic carbocycles. The smallest absolute Gasteiger partial charge is 0.350 e. The van der Waals surface area contributed by atoms with E-state index in [4.69, 9.17) is 4.74 Å². The number of thiazole rings is 1. The Morgan fingerprint density at radius 3 is 2.59 bits per heavy atom. The van der Waals surface area contributed by atoms with Crippen molar-refractivity contribution < 1.29 is 14.3 Å². The molecule has 1 amide bonds. The normalized spacial score (nSPS) is 34.4. The van der Waals surface area contributed by atoms with Crippen molar-refractivity contribution in [3.63, 3.8) is 0 Å². The SMILES string of the molecule is CCc1nc(NC(=O)C2[C@H]3[C@H]4CC[C@@H](C4)[C@H]23)sc1C(=O)OC. The van der Waals surface area contributed by atoms with Crippen LogP contribution in [0.15, 0.2) is 0 Å². The van der Waals surface area contributed by atoms with Crippen molar-refractivity contribution in [2.75, 3.05) is 12.4 Å². The number of nitrogens with zero attached hydrogens (tertiary/aromatic N) is 1. The number of rotatable bonds is 4. The number of hydrogen-bond donors (Lipinski definition) is 1. The third-order valence-corrected chi connectivity index (χ3v) is 6.66. The van der Waals surface area contributed by atoms with Gasteiger partial charge in [0, 0.05) is 5.92 Å². The van der Waals surface area contributed by atoms with Gasteiger partial charge < -0.3 is 10.1 Å². The Hall–Kier alpha value is -1.43. The Bertz CT molecular complexity index is 625. The summed E-state index contributed by atoms with van der Waals surface area (Å²) in [6, 6.07) is 0. The molecule has 1 aromatic heterocycles. The zero-order valence-electron chi connectivity index (χ0n) is 12.8. The molecule has 22 heavy (non-hydrogen) atoms. The van der Waals surface area contributed by atoms with Gasteiger partial charge in [-0.2, -0.15) is 0 Å². The van der Waals surface area contributed by atoms with E-state index in [0.29, 0.717) is 34.0 Å². The Morgan fingerprint density at radius 1 is 1.32 bits per heavy atom. The summed E-state index contributed by atoms with van der Waals surface area (Å²) in [4.78, 5) is 29.1. The number of carbonyl (C=O) groups is 2. The largest absolute Gasteiger partial charge is 0.465 e. The highest BCUT2D eigenvalue weighted by Crippen LogP contribution is 2.69. The van der Waals surface area contributed by atoms with E-state index in [2.05, 4.69) is 10.3 Å². The summed E-state index contributed by atoms with van der Waals surface area (Å²) in [6.45, 7) is 1.94. The Kier molecular flexibility index (Phi) is 3.25. The van der Waals surface area contributed by atoms with Gasteiger partial charge in [-0.25, -0.2) is 9.78 Å². The summed E-state index contributed by atoms with van der Waals surface area (Å²) in [5.74, 6) is 2.68. The minimum atomic E-state index is -0.379. The van der Waals surface area contributed by atoms with Crippen LogP contribution in [-0.4, -0.2) is 24.0 Å². The summed E-state index contributed by atoms with van der Waals surface area (Å²) < 4.78 is 4.77. The number of ether oxygens (including phenoxy) is 1. The van der Waals surface area contributed by atoms with Crippen molar-refractivity contribution >= 4 is 28.3 Å². The molecular weight excluding hydrogens is 300 g/mol. The van der Waals surface area contributed by atoms with E-state index in [1.807, 2.05) is 6.92 Å². The van der Waals surface area contributed by atoms with Gasteiger partial charge >= 0.3 is 5.97 Å². The van der Waals surface area contributed by atoms with Gasteiger partial charge in [-0.1, -0.05) is 18.3 Å². The minimum absolute atomic E-state index is 0.0967. The molecule has 2 bridgehead atoms. The average Bonchev–Trinajstić information content (AvgIpc) is 2.86. The van der Waals surface area contributed by atoms with E-state index in [0.717, 1.165) is 11.8 Å². The second kappa shape index (κ2) is 5.05. The monoisotopic (exact) mass is 320 g/mol. The molecule has 3 aliphatic rings. The van der Waals surface area contributed by atoms with Gasteiger partial charge in [-0.15, -0.1) is 0 Å². The van der Waals surface area contributed by atoms with Gasteiger partial charge in [0.15, 0.2) is 5.13 Å². The van der Waals surface area contributed by atoms with Crippen LogP contribution in [0.5, 0.6) is 0 Å². The molecule has 6 heteroatoms. The van der Waals surface area contributed by atoms with E-state index in [1.165, 1.54) is 37.7 Å². The average molecular weight is 320 g/mol. The van der Waals surface area contributed by atoms with Gasteiger partial charge in [0.2, 0.25) is 5.91 Å². The van der Waals surface area contributed by atoms with Crippen LogP contribution in [0.4, 0.5) is 5.13 Å². The number of carbonyl (C=O) groups excluding carboxylic acids is 2. The lowest BCUT2D eigenvalue weighted by atomic mass is 10.0. The molecule has 0 saturated heterocycles. The number of anilines is 1. The number of hydrogen-bond acceptors (Lipinski definition) is 5. The standard InChI is InChI=1S/C16H20N2O3S/c1-3-9-13(15(20)21-2)22-16(17-9)18-14(19)12-10-7-4-5-8(6-7)11(10)12/h7-8,10-12H,3-6H2,1-2H3,(H,17,18,19)/t7-,8-,10-,11-/m0/s1. The second-order valence-corrected chi connectivity index (χ2v) is 7.64. The molecule has 0 unspecified atom stereocenters. The van der Waals surface area contributed by atoms with Gasteiger partial charge in [0.25, 0.3) is 0 Å². The lowest BCUT2D eigenvalue weighted by Crippen LogP contribution is -2.18.